The molecule has 29 heavy (non-hydrogen) atoms. The molecular formula is C23H37N5O. The van der Waals surface area contributed by atoms with Gasteiger partial charge in [0.2, 0.25) is 0 Å². The molecule has 1 aromatic carbocycles. The van der Waals surface area contributed by atoms with E-state index in [9.17, 15) is 0 Å². The first-order valence-electron chi connectivity index (χ1n) is 10.6. The molecule has 0 amide bonds. The van der Waals surface area contributed by atoms with E-state index in [1.165, 1.54) is 11.1 Å². The SMILES string of the molecule is CN=C(NCCCCOCCc1ccccc1)N(C)Cc1cn(C)nc1C(C)C. The summed E-state index contributed by atoms with van der Waals surface area (Å²) < 4.78 is 7.65. The van der Waals surface area contributed by atoms with Crippen LogP contribution in [-0.4, -0.2) is 54.5 Å². The third-order valence-electron chi connectivity index (χ3n) is 4.84. The van der Waals surface area contributed by atoms with Gasteiger partial charge in [-0.1, -0.05) is 44.2 Å². The molecule has 1 heterocycles. The van der Waals surface area contributed by atoms with Crippen molar-refractivity contribution in [1.82, 2.24) is 20.0 Å². The van der Waals surface area contributed by atoms with Crippen LogP contribution in [0.4, 0.5) is 0 Å². The zero-order valence-corrected chi connectivity index (χ0v) is 18.7. The van der Waals surface area contributed by atoms with Gasteiger partial charge in [0.15, 0.2) is 5.96 Å². The summed E-state index contributed by atoms with van der Waals surface area (Å²) in [7, 11) is 5.88. The first kappa shape index (κ1) is 22.9. The van der Waals surface area contributed by atoms with Crippen molar-refractivity contribution in [2.75, 3.05) is 33.9 Å². The number of aliphatic imine (C=N–C) groups is 1. The van der Waals surface area contributed by atoms with Gasteiger partial charge in [-0.2, -0.15) is 5.10 Å². The van der Waals surface area contributed by atoms with Gasteiger partial charge in [0.05, 0.1) is 12.3 Å². The van der Waals surface area contributed by atoms with Gasteiger partial charge in [-0.3, -0.25) is 9.67 Å². The Morgan fingerprint density at radius 2 is 1.97 bits per heavy atom. The van der Waals surface area contributed by atoms with Crippen molar-refractivity contribution in [1.29, 1.82) is 0 Å². The lowest BCUT2D eigenvalue weighted by atomic mass is 10.1. The van der Waals surface area contributed by atoms with Crippen LogP contribution in [0.5, 0.6) is 0 Å². The lowest BCUT2D eigenvalue weighted by Gasteiger charge is -2.22. The molecule has 0 saturated heterocycles. The van der Waals surface area contributed by atoms with Crippen LogP contribution in [0.25, 0.3) is 0 Å². The van der Waals surface area contributed by atoms with Crippen LogP contribution >= 0.6 is 0 Å². The third-order valence-corrected chi connectivity index (χ3v) is 4.84. The third kappa shape index (κ3) is 7.89. The Morgan fingerprint density at radius 3 is 2.66 bits per heavy atom. The molecule has 2 rings (SSSR count). The first-order chi connectivity index (χ1) is 14.0. The zero-order valence-electron chi connectivity index (χ0n) is 18.7. The molecule has 0 bridgehead atoms. The van der Waals surface area contributed by atoms with Crippen molar-refractivity contribution in [2.24, 2.45) is 12.0 Å². The number of guanidine groups is 1. The Labute approximate surface area is 176 Å². The number of hydrogen-bond donors (Lipinski definition) is 1. The number of unbranched alkanes of at least 4 members (excludes halogenated alkanes) is 1. The molecule has 0 atom stereocenters. The van der Waals surface area contributed by atoms with Crippen LogP contribution in [0.1, 0.15) is 49.4 Å². The molecule has 1 aromatic heterocycles. The lowest BCUT2D eigenvalue weighted by molar-refractivity contribution is 0.133. The summed E-state index contributed by atoms with van der Waals surface area (Å²) >= 11 is 0. The van der Waals surface area contributed by atoms with E-state index in [0.29, 0.717) is 5.92 Å². The Hall–Kier alpha value is -2.34. The molecule has 0 aliphatic rings. The number of benzene rings is 1. The summed E-state index contributed by atoms with van der Waals surface area (Å²) in [6.07, 6.45) is 5.18. The standard InChI is InChI=1S/C23H37N5O/c1-19(2)22-21(18-28(5)26-22)17-27(4)23(24-3)25-14-9-10-15-29-16-13-20-11-7-6-8-12-20/h6-8,11-12,18-19H,9-10,13-17H2,1-5H3,(H,24,25). The lowest BCUT2D eigenvalue weighted by Crippen LogP contribution is -2.39. The quantitative estimate of drug-likeness (QED) is 0.356. The van der Waals surface area contributed by atoms with Gasteiger partial charge in [-0.05, 0) is 30.7 Å². The molecule has 2 aromatic rings. The maximum Gasteiger partial charge on any atom is 0.193 e. The molecule has 0 radical (unpaired) electrons. The topological polar surface area (TPSA) is 54.7 Å². The predicted octanol–water partition coefficient (Wildman–Crippen LogP) is 3.59. The van der Waals surface area contributed by atoms with Gasteiger partial charge in [-0.25, -0.2) is 0 Å². The Morgan fingerprint density at radius 1 is 1.21 bits per heavy atom. The fourth-order valence-corrected chi connectivity index (χ4v) is 3.34. The molecule has 0 unspecified atom stereocenters. The molecule has 6 heteroatoms. The minimum absolute atomic E-state index is 0.413. The number of ether oxygens (including phenoxy) is 1. The molecular weight excluding hydrogens is 362 g/mol. The van der Waals surface area contributed by atoms with E-state index in [2.05, 4.69) is 71.7 Å². The van der Waals surface area contributed by atoms with Crippen molar-refractivity contribution < 1.29 is 4.74 Å². The fourth-order valence-electron chi connectivity index (χ4n) is 3.34. The average molecular weight is 400 g/mol. The van der Waals surface area contributed by atoms with E-state index in [4.69, 9.17) is 4.74 Å². The van der Waals surface area contributed by atoms with E-state index < -0.39 is 0 Å². The van der Waals surface area contributed by atoms with Crippen molar-refractivity contribution in [3.05, 3.63) is 53.3 Å². The maximum atomic E-state index is 5.76. The molecule has 0 saturated carbocycles. The number of aromatic nitrogens is 2. The molecule has 160 valence electrons. The summed E-state index contributed by atoms with van der Waals surface area (Å²) in [5.41, 5.74) is 3.73. The highest BCUT2D eigenvalue weighted by Gasteiger charge is 2.14. The van der Waals surface area contributed by atoms with E-state index in [1.807, 2.05) is 24.8 Å². The Balaban J connectivity index is 1.63. The highest BCUT2D eigenvalue weighted by atomic mass is 16.5. The van der Waals surface area contributed by atoms with Gasteiger partial charge in [0, 0.05) is 52.6 Å². The summed E-state index contributed by atoms with van der Waals surface area (Å²) in [6, 6.07) is 10.5. The van der Waals surface area contributed by atoms with Crippen LogP contribution in [0, 0.1) is 0 Å². The highest BCUT2D eigenvalue weighted by Crippen LogP contribution is 2.18. The van der Waals surface area contributed by atoms with Crippen LogP contribution in [-0.2, 0) is 24.8 Å². The average Bonchev–Trinajstić information content (AvgIpc) is 3.08. The van der Waals surface area contributed by atoms with Gasteiger partial charge in [-0.15, -0.1) is 0 Å². The van der Waals surface area contributed by atoms with E-state index in [0.717, 1.165) is 57.2 Å². The summed E-state index contributed by atoms with van der Waals surface area (Å²) in [6.45, 7) is 7.63. The van der Waals surface area contributed by atoms with Crippen LogP contribution < -0.4 is 5.32 Å². The van der Waals surface area contributed by atoms with Crippen LogP contribution in [0.3, 0.4) is 0 Å². The summed E-state index contributed by atoms with van der Waals surface area (Å²) in [4.78, 5) is 6.57. The first-order valence-corrected chi connectivity index (χ1v) is 10.6. The second-order valence-corrected chi connectivity index (χ2v) is 7.75. The minimum Gasteiger partial charge on any atom is -0.381 e. The molecule has 0 spiro atoms. The highest BCUT2D eigenvalue weighted by molar-refractivity contribution is 5.79. The van der Waals surface area contributed by atoms with Crippen LogP contribution in [0.2, 0.25) is 0 Å². The van der Waals surface area contributed by atoms with Crippen molar-refractivity contribution in [2.45, 2.75) is 45.6 Å². The summed E-state index contributed by atoms with van der Waals surface area (Å²) in [5, 5.41) is 8.05. The number of nitrogens with one attached hydrogen (secondary N) is 1. The zero-order chi connectivity index (χ0) is 21.1. The molecule has 0 aliphatic carbocycles. The van der Waals surface area contributed by atoms with E-state index in [-0.39, 0.29) is 0 Å². The van der Waals surface area contributed by atoms with Gasteiger partial charge >= 0.3 is 0 Å². The van der Waals surface area contributed by atoms with Crippen molar-refractivity contribution >= 4 is 5.96 Å². The largest absolute Gasteiger partial charge is 0.381 e. The minimum atomic E-state index is 0.413. The Kier molecular flexibility index (Phi) is 9.71. The number of rotatable bonds is 11. The van der Waals surface area contributed by atoms with Crippen molar-refractivity contribution in [3.63, 3.8) is 0 Å². The molecule has 6 nitrogen and oxygen atoms in total. The Bertz CT molecular complexity index is 739. The van der Waals surface area contributed by atoms with Gasteiger partial charge in [0.25, 0.3) is 0 Å². The number of hydrogen-bond acceptors (Lipinski definition) is 3. The molecule has 0 aliphatic heterocycles. The fraction of sp³-hybridized carbons (Fsp3) is 0.565. The number of nitrogens with zero attached hydrogens (tertiary/aromatic N) is 4. The van der Waals surface area contributed by atoms with E-state index >= 15 is 0 Å². The smallest absolute Gasteiger partial charge is 0.193 e. The monoisotopic (exact) mass is 399 g/mol. The number of aryl methyl sites for hydroxylation is 1. The second-order valence-electron chi connectivity index (χ2n) is 7.75. The second kappa shape index (κ2) is 12.3. The maximum absolute atomic E-state index is 5.76. The van der Waals surface area contributed by atoms with Gasteiger partial charge in [0.1, 0.15) is 0 Å². The predicted molar refractivity (Wildman–Crippen MR) is 120 cm³/mol. The van der Waals surface area contributed by atoms with Gasteiger partial charge < -0.3 is 15.0 Å². The van der Waals surface area contributed by atoms with Crippen LogP contribution in [0.15, 0.2) is 41.5 Å². The molecule has 1 N–H and O–H groups in total. The molecule has 0 fully saturated rings. The summed E-state index contributed by atoms with van der Waals surface area (Å²) in [5.74, 6) is 1.32. The van der Waals surface area contributed by atoms with Crippen molar-refractivity contribution in [3.8, 4) is 0 Å². The van der Waals surface area contributed by atoms with E-state index in [1.54, 1.807) is 0 Å². The normalized spacial score (nSPS) is 11.9.